The van der Waals surface area contributed by atoms with Gasteiger partial charge < -0.3 is 10.1 Å². The molecule has 5 nitrogen and oxygen atoms in total. The Morgan fingerprint density at radius 2 is 2.05 bits per heavy atom. The van der Waals surface area contributed by atoms with Crippen LogP contribution in [-0.2, 0) is 4.74 Å². The lowest BCUT2D eigenvalue weighted by Gasteiger charge is -2.36. The SMILES string of the molecule is O=[N+]([O-])c1cccc([C@@H]2Nc3ccccc3[C@@H]3OCC[C@H]23)c1. The van der Waals surface area contributed by atoms with E-state index in [1.54, 1.807) is 12.1 Å². The highest BCUT2D eigenvalue weighted by atomic mass is 16.6. The molecule has 3 atom stereocenters. The summed E-state index contributed by atoms with van der Waals surface area (Å²) in [6.07, 6.45) is 1.03. The monoisotopic (exact) mass is 296 g/mol. The Kier molecular flexibility index (Phi) is 3.08. The van der Waals surface area contributed by atoms with Crippen LogP contribution in [-0.4, -0.2) is 11.5 Å². The third-order valence-electron chi connectivity index (χ3n) is 4.58. The molecule has 2 aromatic rings. The van der Waals surface area contributed by atoms with Gasteiger partial charge in [-0.3, -0.25) is 10.1 Å². The van der Waals surface area contributed by atoms with Gasteiger partial charge in [0.05, 0.1) is 17.1 Å². The van der Waals surface area contributed by atoms with E-state index in [9.17, 15) is 10.1 Å². The number of non-ortho nitro benzene ring substituents is 1. The van der Waals surface area contributed by atoms with Crippen LogP contribution in [0.4, 0.5) is 11.4 Å². The second-order valence-electron chi connectivity index (χ2n) is 5.81. The smallest absolute Gasteiger partial charge is 0.269 e. The molecule has 1 saturated heterocycles. The lowest BCUT2D eigenvalue weighted by atomic mass is 9.81. The molecule has 0 radical (unpaired) electrons. The Balaban J connectivity index is 1.76. The van der Waals surface area contributed by atoms with Gasteiger partial charge >= 0.3 is 0 Å². The minimum Gasteiger partial charge on any atom is -0.378 e. The van der Waals surface area contributed by atoms with Gasteiger partial charge in [-0.2, -0.15) is 0 Å². The van der Waals surface area contributed by atoms with Crippen molar-refractivity contribution in [1.82, 2.24) is 0 Å². The number of para-hydroxylation sites is 1. The number of nitrogens with one attached hydrogen (secondary N) is 1. The average Bonchev–Trinajstić information content (AvgIpc) is 3.04. The first kappa shape index (κ1) is 13.3. The standard InChI is InChI=1S/C17H16N2O3/c20-19(21)12-5-3-4-11(10-12)16-14-8-9-22-17(14)13-6-1-2-7-15(13)18-16/h1-7,10,14,16-18H,8-9H2/t14-,16+,17+/m1/s1. The first-order chi connectivity index (χ1) is 10.7. The van der Waals surface area contributed by atoms with Crippen molar-refractivity contribution in [3.63, 3.8) is 0 Å². The molecule has 0 aliphatic carbocycles. The number of fused-ring (bicyclic) bond motifs is 3. The number of nitrogens with zero attached hydrogens (tertiary/aromatic N) is 1. The van der Waals surface area contributed by atoms with Crippen molar-refractivity contribution >= 4 is 11.4 Å². The summed E-state index contributed by atoms with van der Waals surface area (Å²) in [5.74, 6) is 0.303. The molecule has 2 heterocycles. The number of nitro groups is 1. The molecule has 5 heteroatoms. The lowest BCUT2D eigenvalue weighted by Crippen LogP contribution is -2.29. The zero-order valence-corrected chi connectivity index (χ0v) is 11.9. The number of anilines is 1. The van der Waals surface area contributed by atoms with Crippen molar-refractivity contribution in [3.05, 3.63) is 69.8 Å². The van der Waals surface area contributed by atoms with Gasteiger partial charge in [0.15, 0.2) is 0 Å². The van der Waals surface area contributed by atoms with E-state index in [1.807, 2.05) is 24.3 Å². The van der Waals surface area contributed by atoms with Gasteiger partial charge in [-0.05, 0) is 18.1 Å². The predicted molar refractivity (Wildman–Crippen MR) is 82.7 cm³/mol. The molecule has 112 valence electrons. The number of hydrogen-bond donors (Lipinski definition) is 1. The maximum Gasteiger partial charge on any atom is 0.269 e. The molecule has 0 unspecified atom stereocenters. The molecule has 2 aliphatic heterocycles. The lowest BCUT2D eigenvalue weighted by molar-refractivity contribution is -0.384. The largest absolute Gasteiger partial charge is 0.378 e. The van der Waals surface area contributed by atoms with Crippen LogP contribution < -0.4 is 5.32 Å². The fraction of sp³-hybridized carbons (Fsp3) is 0.294. The van der Waals surface area contributed by atoms with Crippen LogP contribution in [0.15, 0.2) is 48.5 Å². The van der Waals surface area contributed by atoms with E-state index in [0.717, 1.165) is 24.3 Å². The summed E-state index contributed by atoms with van der Waals surface area (Å²) in [4.78, 5) is 10.7. The zero-order valence-electron chi connectivity index (χ0n) is 11.9. The van der Waals surface area contributed by atoms with E-state index in [0.29, 0.717) is 5.92 Å². The molecule has 0 aromatic heterocycles. The van der Waals surface area contributed by atoms with Crippen molar-refractivity contribution in [2.75, 3.05) is 11.9 Å². The molecule has 2 aliphatic rings. The van der Waals surface area contributed by atoms with E-state index in [2.05, 4.69) is 11.4 Å². The normalized spacial score (nSPS) is 25.9. The zero-order chi connectivity index (χ0) is 15.1. The van der Waals surface area contributed by atoms with Crippen LogP contribution in [0.5, 0.6) is 0 Å². The second kappa shape index (κ2) is 5.10. The summed E-state index contributed by atoms with van der Waals surface area (Å²) in [5.41, 5.74) is 3.33. The summed E-state index contributed by atoms with van der Waals surface area (Å²) in [6.45, 7) is 0.733. The van der Waals surface area contributed by atoms with Gasteiger partial charge in [0.2, 0.25) is 0 Å². The molecule has 0 bridgehead atoms. The third kappa shape index (κ3) is 2.05. The topological polar surface area (TPSA) is 64.4 Å². The summed E-state index contributed by atoms with van der Waals surface area (Å²) >= 11 is 0. The highest BCUT2D eigenvalue weighted by Gasteiger charge is 2.41. The number of rotatable bonds is 2. The molecule has 22 heavy (non-hydrogen) atoms. The van der Waals surface area contributed by atoms with Crippen LogP contribution in [0.1, 0.15) is 29.7 Å². The summed E-state index contributed by atoms with van der Waals surface area (Å²) in [6, 6.07) is 15.1. The molecule has 1 fully saturated rings. The van der Waals surface area contributed by atoms with E-state index in [-0.39, 0.29) is 22.8 Å². The third-order valence-corrected chi connectivity index (χ3v) is 4.58. The van der Waals surface area contributed by atoms with Crippen LogP contribution in [0.25, 0.3) is 0 Å². The molecule has 0 saturated carbocycles. The summed E-state index contributed by atoms with van der Waals surface area (Å²) in [7, 11) is 0. The minimum atomic E-state index is -0.344. The molecular weight excluding hydrogens is 280 g/mol. The van der Waals surface area contributed by atoms with Gasteiger partial charge in [-0.1, -0.05) is 30.3 Å². The Morgan fingerprint density at radius 3 is 2.91 bits per heavy atom. The fourth-order valence-corrected chi connectivity index (χ4v) is 3.58. The van der Waals surface area contributed by atoms with E-state index in [4.69, 9.17) is 4.74 Å². The average molecular weight is 296 g/mol. The highest BCUT2D eigenvalue weighted by Crippen LogP contribution is 2.49. The highest BCUT2D eigenvalue weighted by molar-refractivity contribution is 5.57. The minimum absolute atomic E-state index is 0.0438. The Labute approximate surface area is 128 Å². The molecule has 4 rings (SSSR count). The van der Waals surface area contributed by atoms with Crippen LogP contribution in [0.3, 0.4) is 0 Å². The molecule has 0 spiro atoms. The number of hydrogen-bond acceptors (Lipinski definition) is 4. The van der Waals surface area contributed by atoms with E-state index >= 15 is 0 Å². The van der Waals surface area contributed by atoms with Crippen molar-refractivity contribution in [1.29, 1.82) is 0 Å². The number of nitro benzene ring substituents is 1. The Morgan fingerprint density at radius 1 is 1.18 bits per heavy atom. The summed E-state index contributed by atoms with van der Waals surface area (Å²) in [5, 5.41) is 14.6. The number of benzene rings is 2. The summed E-state index contributed by atoms with van der Waals surface area (Å²) < 4.78 is 5.94. The van der Waals surface area contributed by atoms with Crippen LogP contribution in [0.2, 0.25) is 0 Å². The van der Waals surface area contributed by atoms with Gasteiger partial charge in [0, 0.05) is 35.9 Å². The quantitative estimate of drug-likeness (QED) is 0.675. The maximum atomic E-state index is 11.0. The van der Waals surface area contributed by atoms with Gasteiger partial charge in [0.25, 0.3) is 5.69 Å². The van der Waals surface area contributed by atoms with Gasteiger partial charge in [-0.15, -0.1) is 0 Å². The Hall–Kier alpha value is -2.40. The van der Waals surface area contributed by atoms with Crippen LogP contribution >= 0.6 is 0 Å². The van der Waals surface area contributed by atoms with Gasteiger partial charge in [-0.25, -0.2) is 0 Å². The maximum absolute atomic E-state index is 11.0. The fourth-order valence-electron chi connectivity index (χ4n) is 3.58. The second-order valence-corrected chi connectivity index (χ2v) is 5.81. The molecule has 1 N–H and O–H groups in total. The first-order valence-corrected chi connectivity index (χ1v) is 7.45. The van der Waals surface area contributed by atoms with Gasteiger partial charge in [0.1, 0.15) is 0 Å². The predicted octanol–water partition coefficient (Wildman–Crippen LogP) is 3.84. The first-order valence-electron chi connectivity index (χ1n) is 7.45. The van der Waals surface area contributed by atoms with Crippen molar-refractivity contribution in [2.45, 2.75) is 18.6 Å². The van der Waals surface area contributed by atoms with Crippen molar-refractivity contribution in [2.24, 2.45) is 5.92 Å². The van der Waals surface area contributed by atoms with Crippen molar-refractivity contribution < 1.29 is 9.66 Å². The number of ether oxygens (including phenoxy) is 1. The van der Waals surface area contributed by atoms with Crippen molar-refractivity contribution in [3.8, 4) is 0 Å². The molecular formula is C17H16N2O3. The van der Waals surface area contributed by atoms with E-state index < -0.39 is 0 Å². The van der Waals surface area contributed by atoms with E-state index in [1.165, 1.54) is 11.6 Å². The Bertz CT molecular complexity index is 731. The molecule has 2 aromatic carbocycles. The molecule has 0 amide bonds. The van der Waals surface area contributed by atoms with Crippen LogP contribution in [0, 0.1) is 16.0 Å².